The minimum Gasteiger partial charge on any atom is -0.439 e. The molecule has 0 amide bonds. The van der Waals surface area contributed by atoms with Crippen LogP contribution in [0.15, 0.2) is 27.5 Å². The van der Waals surface area contributed by atoms with E-state index in [9.17, 15) is 8.42 Å². The van der Waals surface area contributed by atoms with E-state index in [1.807, 2.05) is 13.8 Å². The van der Waals surface area contributed by atoms with Gasteiger partial charge in [0.15, 0.2) is 11.5 Å². The number of oxazole rings is 1. The summed E-state index contributed by atoms with van der Waals surface area (Å²) in [6.07, 6.45) is 0.663. The molecule has 17 heavy (non-hydrogen) atoms. The maximum absolute atomic E-state index is 11.4. The van der Waals surface area contributed by atoms with Crippen molar-refractivity contribution < 1.29 is 12.8 Å². The van der Waals surface area contributed by atoms with Crippen LogP contribution in [-0.2, 0) is 15.5 Å². The highest BCUT2D eigenvalue weighted by molar-refractivity contribution is 8.13. The van der Waals surface area contributed by atoms with Gasteiger partial charge in [-0.2, -0.15) is 0 Å². The molecular formula is C11H12ClNO3S. The molecule has 0 aliphatic carbocycles. The standard InChI is InChI=1S/C11H12ClNO3S/c1-7(2)6-10-13-8-4-3-5-9(11(8)16-10)17(12,14)15/h3-5,7H,6H2,1-2H3. The Labute approximate surface area is 104 Å². The molecule has 6 heteroatoms. The fraction of sp³-hybridized carbons (Fsp3) is 0.364. The summed E-state index contributed by atoms with van der Waals surface area (Å²) in [6.45, 7) is 4.07. The number of rotatable bonds is 3. The molecule has 1 heterocycles. The van der Waals surface area contributed by atoms with Gasteiger partial charge in [-0.3, -0.25) is 0 Å². The number of aromatic nitrogens is 1. The summed E-state index contributed by atoms with van der Waals surface area (Å²) in [7, 11) is 1.53. The lowest BCUT2D eigenvalue weighted by atomic mass is 10.1. The van der Waals surface area contributed by atoms with Gasteiger partial charge in [0.2, 0.25) is 0 Å². The zero-order valence-corrected chi connectivity index (χ0v) is 11.0. The first-order chi connectivity index (χ1) is 7.88. The summed E-state index contributed by atoms with van der Waals surface area (Å²) < 4.78 is 28.2. The van der Waals surface area contributed by atoms with E-state index in [4.69, 9.17) is 15.1 Å². The maximum atomic E-state index is 11.4. The second kappa shape index (κ2) is 4.31. The normalized spacial score (nSPS) is 12.5. The summed E-state index contributed by atoms with van der Waals surface area (Å²) in [5.74, 6) is 0.918. The number of halogens is 1. The third-order valence-electron chi connectivity index (χ3n) is 2.27. The molecule has 0 N–H and O–H groups in total. The van der Waals surface area contributed by atoms with Crippen LogP contribution in [0.4, 0.5) is 0 Å². The Morgan fingerprint density at radius 1 is 1.41 bits per heavy atom. The molecule has 0 saturated heterocycles. The molecule has 0 saturated carbocycles. The molecule has 0 aliphatic rings. The van der Waals surface area contributed by atoms with Gasteiger partial charge < -0.3 is 4.42 Å². The SMILES string of the molecule is CC(C)Cc1nc2cccc(S(=O)(=O)Cl)c2o1. The zero-order chi connectivity index (χ0) is 12.6. The first-order valence-electron chi connectivity index (χ1n) is 5.21. The van der Waals surface area contributed by atoms with Crippen molar-refractivity contribution in [1.82, 2.24) is 4.98 Å². The van der Waals surface area contributed by atoms with Gasteiger partial charge in [0.1, 0.15) is 10.4 Å². The van der Waals surface area contributed by atoms with Crippen molar-refractivity contribution in [2.45, 2.75) is 25.2 Å². The molecule has 1 aromatic carbocycles. The average Bonchev–Trinajstić information content (AvgIpc) is 2.55. The summed E-state index contributed by atoms with van der Waals surface area (Å²) in [5, 5.41) is 0. The van der Waals surface area contributed by atoms with Crippen molar-refractivity contribution in [2.24, 2.45) is 5.92 Å². The molecule has 0 atom stereocenters. The Bertz CT molecular complexity index is 646. The Morgan fingerprint density at radius 2 is 2.12 bits per heavy atom. The largest absolute Gasteiger partial charge is 0.439 e. The summed E-state index contributed by atoms with van der Waals surface area (Å²) >= 11 is 0. The van der Waals surface area contributed by atoms with E-state index in [0.29, 0.717) is 23.7 Å². The van der Waals surface area contributed by atoms with Crippen molar-refractivity contribution in [3.05, 3.63) is 24.1 Å². The monoisotopic (exact) mass is 273 g/mol. The van der Waals surface area contributed by atoms with E-state index in [2.05, 4.69) is 4.98 Å². The lowest BCUT2D eigenvalue weighted by molar-refractivity contribution is 0.478. The van der Waals surface area contributed by atoms with Gasteiger partial charge in [-0.05, 0) is 18.1 Å². The Kier molecular flexibility index (Phi) is 3.14. The second-order valence-electron chi connectivity index (χ2n) is 4.25. The fourth-order valence-electron chi connectivity index (χ4n) is 1.60. The molecule has 0 fully saturated rings. The van der Waals surface area contributed by atoms with Crippen LogP contribution in [-0.4, -0.2) is 13.4 Å². The average molecular weight is 274 g/mol. The first kappa shape index (κ1) is 12.4. The van der Waals surface area contributed by atoms with E-state index in [1.54, 1.807) is 12.1 Å². The van der Waals surface area contributed by atoms with Crippen molar-refractivity contribution in [2.75, 3.05) is 0 Å². The van der Waals surface area contributed by atoms with Crippen molar-refractivity contribution in [3.8, 4) is 0 Å². The summed E-state index contributed by atoms with van der Waals surface area (Å²) in [4.78, 5) is 4.21. The number of benzene rings is 1. The third kappa shape index (κ3) is 2.61. The first-order valence-corrected chi connectivity index (χ1v) is 7.52. The van der Waals surface area contributed by atoms with Crippen LogP contribution in [0.2, 0.25) is 0 Å². The molecule has 1 aromatic heterocycles. The highest BCUT2D eigenvalue weighted by Crippen LogP contribution is 2.27. The number of hydrogen-bond donors (Lipinski definition) is 0. The van der Waals surface area contributed by atoms with Crippen LogP contribution in [0.5, 0.6) is 0 Å². The number of hydrogen-bond acceptors (Lipinski definition) is 4. The minimum absolute atomic E-state index is 0.0285. The van der Waals surface area contributed by atoms with Crippen LogP contribution in [0, 0.1) is 5.92 Å². The predicted octanol–water partition coefficient (Wildman–Crippen LogP) is 2.95. The molecule has 0 spiro atoms. The van der Waals surface area contributed by atoms with Gasteiger partial charge in [0.05, 0.1) is 0 Å². The highest BCUT2D eigenvalue weighted by atomic mass is 35.7. The predicted molar refractivity (Wildman–Crippen MR) is 65.6 cm³/mol. The van der Waals surface area contributed by atoms with Crippen LogP contribution < -0.4 is 0 Å². The van der Waals surface area contributed by atoms with Gasteiger partial charge in [-0.1, -0.05) is 19.9 Å². The molecule has 0 unspecified atom stereocenters. The maximum Gasteiger partial charge on any atom is 0.265 e. The van der Waals surface area contributed by atoms with Gasteiger partial charge in [0.25, 0.3) is 9.05 Å². The molecule has 0 bridgehead atoms. The van der Waals surface area contributed by atoms with Gasteiger partial charge in [-0.25, -0.2) is 13.4 Å². The quantitative estimate of drug-likeness (QED) is 0.807. The van der Waals surface area contributed by atoms with E-state index in [-0.39, 0.29) is 10.5 Å². The lowest BCUT2D eigenvalue weighted by Crippen LogP contribution is -1.93. The second-order valence-corrected chi connectivity index (χ2v) is 6.78. The Morgan fingerprint density at radius 3 is 2.71 bits per heavy atom. The lowest BCUT2D eigenvalue weighted by Gasteiger charge is -1.97. The van der Waals surface area contributed by atoms with Crippen molar-refractivity contribution >= 4 is 30.8 Å². The van der Waals surface area contributed by atoms with Gasteiger partial charge in [-0.15, -0.1) is 0 Å². The topological polar surface area (TPSA) is 60.2 Å². The Hall–Kier alpha value is -1.07. The molecular weight excluding hydrogens is 262 g/mol. The molecule has 92 valence electrons. The van der Waals surface area contributed by atoms with Crippen molar-refractivity contribution in [1.29, 1.82) is 0 Å². The summed E-state index contributed by atoms with van der Waals surface area (Å²) in [5.41, 5.74) is 0.750. The fourth-order valence-corrected chi connectivity index (χ4v) is 2.57. The zero-order valence-electron chi connectivity index (χ0n) is 9.47. The Balaban J connectivity index is 2.61. The molecule has 0 aliphatic heterocycles. The smallest absolute Gasteiger partial charge is 0.265 e. The third-order valence-corrected chi connectivity index (χ3v) is 3.61. The van der Waals surface area contributed by atoms with E-state index in [1.165, 1.54) is 6.07 Å². The summed E-state index contributed by atoms with van der Waals surface area (Å²) in [6, 6.07) is 4.71. The van der Waals surface area contributed by atoms with Crippen LogP contribution in [0.25, 0.3) is 11.1 Å². The van der Waals surface area contributed by atoms with Crippen LogP contribution >= 0.6 is 10.7 Å². The number of fused-ring (bicyclic) bond motifs is 1. The van der Waals surface area contributed by atoms with Crippen molar-refractivity contribution in [3.63, 3.8) is 0 Å². The van der Waals surface area contributed by atoms with E-state index < -0.39 is 9.05 Å². The van der Waals surface area contributed by atoms with E-state index in [0.717, 1.165) is 0 Å². The van der Waals surface area contributed by atoms with Gasteiger partial charge >= 0.3 is 0 Å². The molecule has 4 nitrogen and oxygen atoms in total. The highest BCUT2D eigenvalue weighted by Gasteiger charge is 2.19. The van der Waals surface area contributed by atoms with Crippen LogP contribution in [0.3, 0.4) is 0 Å². The molecule has 2 aromatic rings. The number of para-hydroxylation sites is 1. The van der Waals surface area contributed by atoms with Gasteiger partial charge in [0, 0.05) is 17.1 Å². The minimum atomic E-state index is -3.81. The van der Waals surface area contributed by atoms with E-state index >= 15 is 0 Å². The molecule has 2 rings (SSSR count). The molecule has 0 radical (unpaired) electrons. The number of nitrogens with zero attached hydrogens (tertiary/aromatic N) is 1. The van der Waals surface area contributed by atoms with Crippen LogP contribution in [0.1, 0.15) is 19.7 Å².